The Kier molecular flexibility index (Phi) is 13.6. The number of aliphatic hydroxyl groups excluding tert-OH is 3. The van der Waals surface area contributed by atoms with Crippen LogP contribution < -0.4 is 5.32 Å². The van der Waals surface area contributed by atoms with E-state index in [1.165, 1.54) is 59.9 Å². The minimum Gasteiger partial charge on any atom is -0.454 e. The van der Waals surface area contributed by atoms with Crippen LogP contribution in [0, 0.1) is 105 Å². The smallest absolute Gasteiger partial charge is 0.331 e. The molecule has 10 saturated carbocycles. The Labute approximate surface area is 528 Å². The zero-order chi connectivity index (χ0) is 60.8. The number of aldehydes is 1. The molecular weight excluding hydrogens is 1110 g/mol. The lowest BCUT2D eigenvalue weighted by molar-refractivity contribution is -0.385. The molecule has 1 heterocycles. The monoisotopic (exact) mass is 1210 g/mol. The molecule has 10 fully saturated rings. The van der Waals surface area contributed by atoms with Crippen LogP contribution in [0.25, 0.3) is 0 Å². The average Bonchev–Trinajstić information content (AvgIpc) is 1.61. The molecule has 474 valence electrons. The Bertz CT molecular complexity index is 3470. The minimum absolute atomic E-state index is 0.0498. The van der Waals surface area contributed by atoms with E-state index < -0.39 is 86.4 Å². The predicted octanol–water partition coefficient (Wildman–Crippen LogP) is 11.1. The highest BCUT2D eigenvalue weighted by Crippen LogP contribution is 2.80. The summed E-state index contributed by atoms with van der Waals surface area (Å²) in [6, 6.07) is 22.8. The van der Waals surface area contributed by atoms with Crippen molar-refractivity contribution in [1.82, 2.24) is 5.32 Å². The maximum Gasteiger partial charge on any atom is 0.331 e. The van der Waals surface area contributed by atoms with Crippen LogP contribution in [-0.4, -0.2) is 91.1 Å². The molecule has 0 unspecified atom stereocenters. The first-order valence-corrected chi connectivity index (χ1v) is 36.1. The van der Waals surface area contributed by atoms with Gasteiger partial charge in [-0.05, 0) is 258 Å². The number of carbonyl (C=O) groups excluding carboxylic acids is 2. The molecule has 23 atom stereocenters. The Balaban J connectivity index is 0.898. The number of rotatable bonds is 5. The first kappa shape index (κ1) is 58.6. The van der Waals surface area contributed by atoms with Crippen LogP contribution in [0.15, 0.2) is 72.3 Å². The van der Waals surface area contributed by atoms with Crippen molar-refractivity contribution in [1.29, 1.82) is 0 Å². The number of hydrogen-bond acceptors (Lipinski definition) is 10. The lowest BCUT2D eigenvalue weighted by Crippen LogP contribution is -2.86. The number of nitrogens with one attached hydrogen (secondary N) is 1. The molecule has 17 bridgehead atoms. The van der Waals surface area contributed by atoms with Gasteiger partial charge in [0.1, 0.15) is 23.6 Å². The van der Waals surface area contributed by atoms with Crippen LogP contribution >= 0.6 is 0 Å². The van der Waals surface area contributed by atoms with E-state index >= 15 is 15.0 Å². The molecule has 0 saturated heterocycles. The van der Waals surface area contributed by atoms with Gasteiger partial charge in [-0.2, -0.15) is 0 Å². The summed E-state index contributed by atoms with van der Waals surface area (Å²) in [7, 11) is 1.97. The van der Waals surface area contributed by atoms with Crippen LogP contribution in [0.3, 0.4) is 0 Å². The van der Waals surface area contributed by atoms with Crippen molar-refractivity contribution >= 4 is 12.3 Å². The van der Waals surface area contributed by atoms with E-state index in [4.69, 9.17) is 4.74 Å². The van der Waals surface area contributed by atoms with Gasteiger partial charge in [0.15, 0.2) is 0 Å². The third kappa shape index (κ3) is 7.82. The number of carbonyl (C=O) groups is 2. The van der Waals surface area contributed by atoms with Gasteiger partial charge >= 0.3 is 5.97 Å². The molecule has 19 rings (SSSR count). The number of esters is 1. The van der Waals surface area contributed by atoms with Crippen molar-refractivity contribution in [3.63, 3.8) is 0 Å². The van der Waals surface area contributed by atoms with E-state index in [-0.39, 0.29) is 72.8 Å². The average molecular weight is 1210 g/mol. The third-order valence-corrected chi connectivity index (χ3v) is 30.6. The third-order valence-electron chi connectivity index (χ3n) is 30.6. The van der Waals surface area contributed by atoms with Gasteiger partial charge in [0.05, 0.1) is 29.8 Å². The normalized spacial score (nSPS) is 47.6. The van der Waals surface area contributed by atoms with Gasteiger partial charge in [-0.3, -0.25) is 0 Å². The number of aryl methyl sites for hydroxylation is 1. The van der Waals surface area contributed by atoms with E-state index in [1.807, 2.05) is 19.2 Å². The van der Waals surface area contributed by atoms with Crippen LogP contribution in [0.2, 0.25) is 0 Å². The fourth-order valence-corrected chi connectivity index (χ4v) is 27.1. The van der Waals surface area contributed by atoms with Gasteiger partial charge in [-0.25, -0.2) is 4.79 Å². The number of hydrogen-bond donors (Lipinski definition) is 7. The van der Waals surface area contributed by atoms with Gasteiger partial charge in [0.25, 0.3) is 0 Å². The summed E-state index contributed by atoms with van der Waals surface area (Å²) in [4.78, 5) is 30.0. The first-order valence-electron chi connectivity index (χ1n) is 36.1. The zero-order valence-corrected chi connectivity index (χ0v) is 53.1. The predicted molar refractivity (Wildman–Crippen MR) is 340 cm³/mol. The van der Waals surface area contributed by atoms with E-state index in [1.54, 1.807) is 6.08 Å². The highest BCUT2D eigenvalue weighted by molar-refractivity contribution is 5.86. The highest BCUT2D eigenvalue weighted by Gasteiger charge is 2.87. The molecule has 0 amide bonds. The number of likely N-dealkylation sites (N-methyl/N-ethyl adjacent to an activating group) is 1. The molecule has 3 aromatic rings. The molecule has 4 spiro atoms. The molecule has 7 N–H and O–H groups in total. The molecule has 3 aromatic carbocycles. The Hall–Kier alpha value is -4.18. The lowest BCUT2D eigenvalue weighted by atomic mass is 9.32. The lowest BCUT2D eigenvalue weighted by Gasteiger charge is -2.75. The topological polar surface area (TPSA) is 177 Å². The van der Waals surface area contributed by atoms with Crippen molar-refractivity contribution in [3.8, 4) is 11.8 Å². The maximum atomic E-state index is 15.7. The SMILES string of the molecule is CN[C@H]1Cc2c(cccc2CO)C#C[C@@]23CC[C@@H](Cc4cccc5c4CC[C@H]4CCC[C@@]54c4cccc(c4)CC[C@H]4CC[C@]5(C4)C[C@]4(C=O)[C@H]6CC[C@]7(C2)[C@H]2C8=CC(=O)O[C@@H]8[C@H]1C[C@H]2C[C@]7(O)[C@@]6(O)[C@H](O)[C@H]1C[C@H]([C@@H](C)C2CCCC2)CC[C@H]([C@H]5O)[C@@]14O)C3. The standard InChI is InChI=1S/C79H99NO9/c1-46(50-10-3-4-11-50)52-20-23-63-70(84)73-31-25-48(40-73)19-18-47-9-5-15-57(34-47)76-28-8-16-56(76)21-22-58-53(13-7-17-62(58)76)33-49-24-29-72(39-49)30-26-51-12-6-14-54(42-81)59(51)37-65(80-2)60-35-55-41-77(86)74(43-72,68(55)61-38-67(83)89-69(60)61)32-27-66-75(44-73,45-82)78(63,87)64(36-52)71(85)79(66,77)88/h5-7,9,12-15,17,34,38,45-46,48-50,52,55-56,60,63-66,68-71,80-81,84-88H,3-4,8,10-11,16,18-25,27-29,31-33,35-37,39-44H2,1-2H3/t46-,48-,49-,52+,55-,56+,60-,63+,64+,65-,66+,68+,69+,70+,71+,72+,73-,74-,75-,76+,77+,78+,79-/m0/s1. The minimum atomic E-state index is -2.28. The van der Waals surface area contributed by atoms with E-state index in [0.717, 1.165) is 112 Å². The second kappa shape index (κ2) is 20.7. The Morgan fingerprint density at radius 1 is 0.753 bits per heavy atom. The Morgan fingerprint density at radius 2 is 1.58 bits per heavy atom. The van der Waals surface area contributed by atoms with Crippen molar-refractivity contribution in [2.75, 3.05) is 7.05 Å². The number of aliphatic hydroxyl groups is 6. The van der Waals surface area contributed by atoms with E-state index in [0.29, 0.717) is 56.8 Å². The highest BCUT2D eigenvalue weighted by atomic mass is 16.5. The van der Waals surface area contributed by atoms with Crippen LogP contribution in [-0.2, 0) is 52.0 Å². The van der Waals surface area contributed by atoms with Gasteiger partial charge in [0.2, 0.25) is 0 Å². The summed E-state index contributed by atoms with van der Waals surface area (Å²) in [5, 5.41) is 88.6. The molecule has 16 aliphatic rings. The molecule has 1 aliphatic heterocycles. The van der Waals surface area contributed by atoms with Crippen LogP contribution in [0.5, 0.6) is 0 Å². The van der Waals surface area contributed by atoms with Crippen molar-refractivity contribution in [2.24, 2.45) is 92.7 Å². The second-order valence-corrected chi connectivity index (χ2v) is 33.5. The quantitative estimate of drug-likeness (QED) is 0.0739. The molecule has 89 heavy (non-hydrogen) atoms. The van der Waals surface area contributed by atoms with Crippen molar-refractivity contribution in [3.05, 3.63) is 117 Å². The summed E-state index contributed by atoms with van der Waals surface area (Å²) in [5.41, 5.74) is 0.534. The molecule has 10 nitrogen and oxygen atoms in total. The van der Waals surface area contributed by atoms with Crippen LogP contribution in [0.4, 0.5) is 0 Å². The fourth-order valence-electron chi connectivity index (χ4n) is 27.1. The summed E-state index contributed by atoms with van der Waals surface area (Å²) in [5.74, 6) is 5.91. The summed E-state index contributed by atoms with van der Waals surface area (Å²) >= 11 is 0. The van der Waals surface area contributed by atoms with E-state index in [9.17, 15) is 25.2 Å². The molecule has 0 radical (unpaired) electrons. The van der Waals surface area contributed by atoms with Crippen molar-refractivity contribution < 1.29 is 45.0 Å². The molecule has 0 aromatic heterocycles. The summed E-state index contributed by atoms with van der Waals surface area (Å²) in [6.45, 7) is 2.23. The summed E-state index contributed by atoms with van der Waals surface area (Å²) < 4.78 is 6.60. The first-order chi connectivity index (χ1) is 43.0. The van der Waals surface area contributed by atoms with Gasteiger partial charge in [-0.1, -0.05) is 105 Å². The largest absolute Gasteiger partial charge is 0.454 e. The number of fused-ring (bicyclic) bond motifs is 3. The van der Waals surface area contributed by atoms with Crippen LogP contribution in [0.1, 0.15) is 206 Å². The van der Waals surface area contributed by atoms with Crippen molar-refractivity contribution in [2.45, 2.75) is 240 Å². The summed E-state index contributed by atoms with van der Waals surface area (Å²) in [6.07, 6.45) is 21.9. The zero-order valence-electron chi connectivity index (χ0n) is 53.1. The number of benzene rings is 3. The molecular formula is C79H99NO9. The van der Waals surface area contributed by atoms with Gasteiger partial charge in [-0.15, -0.1) is 0 Å². The molecule has 10 heteroatoms. The van der Waals surface area contributed by atoms with Gasteiger partial charge in [0, 0.05) is 57.6 Å². The molecule has 15 aliphatic carbocycles. The maximum absolute atomic E-state index is 15.7. The van der Waals surface area contributed by atoms with Gasteiger partial charge < -0.3 is 45.5 Å². The van der Waals surface area contributed by atoms with E-state index in [2.05, 4.69) is 72.6 Å². The fraction of sp³-hybridized carbons (Fsp3) is 0.696. The Morgan fingerprint density at radius 3 is 2.42 bits per heavy atom. The number of ether oxygens (including phenoxy) is 1. The second-order valence-electron chi connectivity index (χ2n) is 33.5.